The molecule has 9 heteroatoms. The Kier molecular flexibility index (Phi) is 8.54. The van der Waals surface area contributed by atoms with E-state index < -0.39 is 0 Å². The van der Waals surface area contributed by atoms with Gasteiger partial charge in [-0.25, -0.2) is 14.4 Å². The highest BCUT2D eigenvalue weighted by molar-refractivity contribution is 7.98. The zero-order chi connectivity index (χ0) is 26.7. The molecule has 37 heavy (non-hydrogen) atoms. The van der Waals surface area contributed by atoms with E-state index in [0.717, 1.165) is 51.8 Å². The standard InChI is InChI=1S/C28H35FN6S2/c1-8-16(2)25(28-30-15-18(4)37-28)26(20-9-10-20)27(32-24-13-17(3)33-34-24)31-19(5)35(6)23-12-11-21(36-7)14-22(23)29/h11-15,20H,8-10H2,1-7H3,(H2,32,33,34)/b25-16-,27-26+,31-19+. The van der Waals surface area contributed by atoms with E-state index in [0.29, 0.717) is 23.3 Å². The lowest BCUT2D eigenvalue weighted by Gasteiger charge is -2.22. The molecule has 1 fully saturated rings. The van der Waals surface area contributed by atoms with E-state index in [-0.39, 0.29) is 5.82 Å². The summed E-state index contributed by atoms with van der Waals surface area (Å²) in [5.74, 6) is 2.21. The molecule has 3 aromatic rings. The van der Waals surface area contributed by atoms with Crippen molar-refractivity contribution in [3.63, 3.8) is 0 Å². The Balaban J connectivity index is 1.87. The third-order valence-electron chi connectivity index (χ3n) is 6.53. The molecule has 1 saturated carbocycles. The average Bonchev–Trinajstić information content (AvgIpc) is 3.50. The van der Waals surface area contributed by atoms with Gasteiger partial charge in [0, 0.05) is 45.9 Å². The molecule has 0 aliphatic heterocycles. The fraction of sp³-hybridized carbons (Fsp3) is 0.393. The molecule has 2 heterocycles. The Morgan fingerprint density at radius 1 is 1.27 bits per heavy atom. The first-order valence-electron chi connectivity index (χ1n) is 12.5. The number of aliphatic imine (C=N–C) groups is 1. The Hall–Kier alpha value is -2.91. The van der Waals surface area contributed by atoms with Crippen molar-refractivity contribution in [1.82, 2.24) is 15.2 Å². The first-order valence-corrected chi connectivity index (χ1v) is 14.5. The van der Waals surface area contributed by atoms with Crippen LogP contribution in [-0.2, 0) is 0 Å². The van der Waals surface area contributed by atoms with Crippen LogP contribution in [0.5, 0.6) is 0 Å². The quantitative estimate of drug-likeness (QED) is 0.126. The highest BCUT2D eigenvalue weighted by Gasteiger charge is 2.34. The third kappa shape index (κ3) is 6.33. The van der Waals surface area contributed by atoms with Gasteiger partial charge >= 0.3 is 0 Å². The summed E-state index contributed by atoms with van der Waals surface area (Å²) < 4.78 is 15.0. The monoisotopic (exact) mass is 538 g/mol. The summed E-state index contributed by atoms with van der Waals surface area (Å²) in [7, 11) is 1.85. The van der Waals surface area contributed by atoms with Crippen LogP contribution in [0.3, 0.4) is 0 Å². The largest absolute Gasteiger partial charge is 0.331 e. The maximum Gasteiger partial charge on any atom is 0.153 e. The molecule has 6 nitrogen and oxygen atoms in total. The summed E-state index contributed by atoms with van der Waals surface area (Å²) in [6.45, 7) is 10.3. The molecular formula is C28H35FN6S2. The molecular weight excluding hydrogens is 503 g/mol. The number of amidine groups is 1. The number of nitrogens with zero attached hydrogens (tertiary/aromatic N) is 4. The predicted octanol–water partition coefficient (Wildman–Crippen LogP) is 7.82. The molecule has 1 aliphatic carbocycles. The van der Waals surface area contributed by atoms with Gasteiger partial charge in [0.1, 0.15) is 22.5 Å². The number of allylic oxidation sites excluding steroid dienone is 3. The van der Waals surface area contributed by atoms with Gasteiger partial charge in [0.25, 0.3) is 0 Å². The van der Waals surface area contributed by atoms with E-state index in [4.69, 9.17) is 9.98 Å². The molecule has 0 radical (unpaired) electrons. The second kappa shape index (κ2) is 11.6. The molecule has 0 unspecified atom stereocenters. The Bertz CT molecular complexity index is 1360. The van der Waals surface area contributed by atoms with Crippen molar-refractivity contribution < 1.29 is 4.39 Å². The highest BCUT2D eigenvalue weighted by Crippen LogP contribution is 2.47. The molecule has 0 saturated heterocycles. The van der Waals surface area contributed by atoms with Crippen molar-refractivity contribution >= 4 is 46.0 Å². The van der Waals surface area contributed by atoms with Gasteiger partial charge in [-0.15, -0.1) is 23.1 Å². The van der Waals surface area contributed by atoms with Crippen LogP contribution in [0.1, 0.15) is 55.6 Å². The SMILES string of the molecule is CC/C(C)=C(/C(=C(\N=C(/C)N(C)c1ccc(SC)cc1F)Nc1cc(C)[nH]n1)C1CC1)c1ncc(C)s1. The second-order valence-electron chi connectivity index (χ2n) is 9.42. The number of hydrogen-bond acceptors (Lipinski definition) is 6. The maximum absolute atomic E-state index is 15.0. The van der Waals surface area contributed by atoms with Gasteiger partial charge in [-0.05, 0) is 77.3 Å². The van der Waals surface area contributed by atoms with E-state index in [1.807, 2.05) is 45.5 Å². The van der Waals surface area contributed by atoms with Crippen molar-refractivity contribution in [3.8, 4) is 0 Å². The number of benzene rings is 1. The van der Waals surface area contributed by atoms with Crippen LogP contribution in [0.4, 0.5) is 15.9 Å². The number of rotatable bonds is 9. The molecule has 0 atom stereocenters. The number of H-pyrrole nitrogens is 1. The molecule has 1 aliphatic rings. The molecule has 4 rings (SSSR count). The first-order chi connectivity index (χ1) is 17.7. The Morgan fingerprint density at radius 3 is 2.57 bits per heavy atom. The van der Waals surface area contributed by atoms with Crippen LogP contribution >= 0.6 is 23.1 Å². The molecule has 0 bridgehead atoms. The van der Waals surface area contributed by atoms with Gasteiger partial charge in [0.15, 0.2) is 5.82 Å². The molecule has 2 aromatic heterocycles. The van der Waals surface area contributed by atoms with Gasteiger partial charge < -0.3 is 10.2 Å². The first kappa shape index (κ1) is 27.1. The van der Waals surface area contributed by atoms with Gasteiger partial charge in [-0.1, -0.05) is 12.5 Å². The third-order valence-corrected chi connectivity index (χ3v) is 8.19. The molecule has 0 spiro atoms. The van der Waals surface area contributed by atoms with Crippen molar-refractivity contribution in [2.75, 3.05) is 23.5 Å². The lowest BCUT2D eigenvalue weighted by atomic mass is 9.95. The van der Waals surface area contributed by atoms with Crippen LogP contribution in [0.2, 0.25) is 0 Å². The highest BCUT2D eigenvalue weighted by atomic mass is 32.2. The minimum absolute atomic E-state index is 0.270. The summed E-state index contributed by atoms with van der Waals surface area (Å²) in [5, 5.41) is 11.9. The van der Waals surface area contributed by atoms with Crippen molar-refractivity contribution in [1.29, 1.82) is 0 Å². The fourth-order valence-corrected chi connectivity index (χ4v) is 5.45. The van der Waals surface area contributed by atoms with Crippen LogP contribution in [-0.4, -0.2) is 34.3 Å². The van der Waals surface area contributed by atoms with Crippen molar-refractivity contribution in [2.45, 2.75) is 58.8 Å². The zero-order valence-electron chi connectivity index (χ0n) is 22.6. The predicted molar refractivity (Wildman–Crippen MR) is 156 cm³/mol. The van der Waals surface area contributed by atoms with E-state index in [9.17, 15) is 4.39 Å². The summed E-state index contributed by atoms with van der Waals surface area (Å²) in [6.07, 6.45) is 6.98. The van der Waals surface area contributed by atoms with Crippen LogP contribution in [0.15, 0.2) is 57.3 Å². The number of aromatic amines is 1. The molecule has 2 N–H and O–H groups in total. The van der Waals surface area contributed by atoms with Gasteiger partial charge in [0.2, 0.25) is 0 Å². The van der Waals surface area contributed by atoms with Gasteiger partial charge in [-0.2, -0.15) is 5.10 Å². The molecule has 196 valence electrons. The normalized spacial score (nSPS) is 15.4. The maximum atomic E-state index is 15.0. The lowest BCUT2D eigenvalue weighted by molar-refractivity contribution is 0.624. The summed E-state index contributed by atoms with van der Waals surface area (Å²) >= 11 is 3.23. The number of nitrogens with one attached hydrogen (secondary N) is 2. The van der Waals surface area contributed by atoms with E-state index in [1.165, 1.54) is 22.2 Å². The van der Waals surface area contributed by atoms with Crippen molar-refractivity contribution in [3.05, 3.63) is 68.8 Å². The fourth-order valence-electron chi connectivity index (χ4n) is 4.12. The smallest absolute Gasteiger partial charge is 0.153 e. The molecule has 0 amide bonds. The summed E-state index contributed by atoms with van der Waals surface area (Å²) in [4.78, 5) is 13.7. The summed E-state index contributed by atoms with van der Waals surface area (Å²) in [5.41, 5.74) is 5.03. The topological polar surface area (TPSA) is 69.2 Å². The zero-order valence-corrected chi connectivity index (χ0v) is 24.2. The minimum atomic E-state index is -0.270. The van der Waals surface area contributed by atoms with Gasteiger partial charge in [-0.3, -0.25) is 5.10 Å². The Labute approximate surface area is 227 Å². The van der Waals surface area contributed by atoms with E-state index in [2.05, 4.69) is 36.3 Å². The Morgan fingerprint density at radius 2 is 2.03 bits per heavy atom. The summed E-state index contributed by atoms with van der Waals surface area (Å²) in [6, 6.07) is 7.27. The number of halogens is 1. The minimum Gasteiger partial charge on any atom is -0.331 e. The number of hydrogen-bond donors (Lipinski definition) is 2. The molecule has 1 aromatic carbocycles. The van der Waals surface area contributed by atoms with E-state index >= 15 is 0 Å². The lowest BCUT2D eigenvalue weighted by Crippen LogP contribution is -2.25. The van der Waals surface area contributed by atoms with Crippen LogP contribution < -0.4 is 10.2 Å². The van der Waals surface area contributed by atoms with Crippen LogP contribution in [0, 0.1) is 25.6 Å². The second-order valence-corrected chi connectivity index (χ2v) is 11.5. The number of thiazole rings is 1. The number of thioether (sulfide) groups is 1. The van der Waals surface area contributed by atoms with Crippen molar-refractivity contribution in [2.24, 2.45) is 10.9 Å². The van der Waals surface area contributed by atoms with E-state index in [1.54, 1.807) is 28.4 Å². The number of aromatic nitrogens is 3. The van der Waals surface area contributed by atoms with Crippen LogP contribution in [0.25, 0.3) is 5.57 Å². The number of anilines is 2. The average molecular weight is 539 g/mol. The van der Waals surface area contributed by atoms with Gasteiger partial charge in [0.05, 0.1) is 5.69 Å². The number of aryl methyl sites for hydroxylation is 2.